The van der Waals surface area contributed by atoms with Crippen molar-refractivity contribution in [1.29, 1.82) is 0 Å². The molecule has 4 rings (SSSR count). The van der Waals surface area contributed by atoms with Gasteiger partial charge in [0, 0.05) is 12.6 Å². The molecule has 1 aliphatic heterocycles. The van der Waals surface area contributed by atoms with Crippen molar-refractivity contribution < 1.29 is 4.74 Å². The fourth-order valence-corrected chi connectivity index (χ4v) is 4.26. The number of hydrogen-bond acceptors (Lipinski definition) is 2. The van der Waals surface area contributed by atoms with Crippen LogP contribution in [0.5, 0.6) is 5.75 Å². The first-order valence-electron chi connectivity index (χ1n) is 8.89. The van der Waals surface area contributed by atoms with Crippen molar-refractivity contribution in [3.63, 3.8) is 0 Å². The second-order valence-electron chi connectivity index (χ2n) is 6.96. The molecule has 24 heavy (non-hydrogen) atoms. The Hall–Kier alpha value is -2.06. The molecule has 1 unspecified atom stereocenters. The van der Waals surface area contributed by atoms with Crippen LogP contribution >= 0.6 is 0 Å². The minimum absolute atomic E-state index is 0.524. The Morgan fingerprint density at radius 1 is 1.00 bits per heavy atom. The van der Waals surface area contributed by atoms with Crippen molar-refractivity contribution in [3.8, 4) is 5.75 Å². The highest BCUT2D eigenvalue weighted by Crippen LogP contribution is 2.39. The van der Waals surface area contributed by atoms with Crippen LogP contribution in [-0.2, 0) is 12.8 Å². The first-order chi connectivity index (χ1) is 11.8. The van der Waals surface area contributed by atoms with Gasteiger partial charge >= 0.3 is 0 Å². The van der Waals surface area contributed by atoms with Crippen LogP contribution in [0.15, 0.2) is 54.1 Å². The summed E-state index contributed by atoms with van der Waals surface area (Å²) in [5.74, 6) is 0.933. The van der Waals surface area contributed by atoms with E-state index in [1.54, 1.807) is 18.3 Å². The van der Waals surface area contributed by atoms with Gasteiger partial charge in [-0.15, -0.1) is 0 Å². The molecule has 1 aliphatic carbocycles. The SMILES string of the molecule is COc1ccc(CC2C3=C(CCN2C)c2ccccc2CC3)cc1. The molecule has 0 bridgehead atoms. The van der Waals surface area contributed by atoms with E-state index in [0.717, 1.165) is 18.7 Å². The highest BCUT2D eigenvalue weighted by molar-refractivity contribution is 5.75. The van der Waals surface area contributed by atoms with E-state index in [2.05, 4.69) is 60.5 Å². The molecule has 0 radical (unpaired) electrons. The average molecular weight is 319 g/mol. The average Bonchev–Trinajstić information content (AvgIpc) is 2.64. The van der Waals surface area contributed by atoms with Crippen molar-refractivity contribution >= 4 is 5.57 Å². The number of likely N-dealkylation sites (N-methyl/N-ethyl adjacent to an activating group) is 1. The molecule has 2 nitrogen and oxygen atoms in total. The van der Waals surface area contributed by atoms with Crippen LogP contribution in [0.3, 0.4) is 0 Å². The Balaban J connectivity index is 1.66. The summed E-state index contributed by atoms with van der Waals surface area (Å²) >= 11 is 0. The van der Waals surface area contributed by atoms with E-state index in [0.29, 0.717) is 6.04 Å². The second-order valence-corrected chi connectivity index (χ2v) is 6.96. The van der Waals surface area contributed by atoms with Crippen LogP contribution in [0.25, 0.3) is 5.57 Å². The lowest BCUT2D eigenvalue weighted by atomic mass is 9.77. The third-order valence-corrected chi connectivity index (χ3v) is 5.63. The maximum Gasteiger partial charge on any atom is 0.118 e. The molecular weight excluding hydrogens is 294 g/mol. The standard InChI is InChI=1S/C22H25NO/c1-23-14-13-20-19-6-4-3-5-17(19)9-12-21(20)22(23)15-16-7-10-18(24-2)11-8-16/h3-8,10-11,22H,9,12-15H2,1-2H3. The van der Waals surface area contributed by atoms with E-state index < -0.39 is 0 Å². The Labute approximate surface area is 144 Å². The molecule has 1 heterocycles. The maximum absolute atomic E-state index is 5.29. The Kier molecular flexibility index (Phi) is 4.15. The third-order valence-electron chi connectivity index (χ3n) is 5.63. The van der Waals surface area contributed by atoms with Gasteiger partial charge in [0.1, 0.15) is 5.75 Å². The van der Waals surface area contributed by atoms with Crippen LogP contribution in [-0.4, -0.2) is 31.6 Å². The van der Waals surface area contributed by atoms with Crippen molar-refractivity contribution in [1.82, 2.24) is 4.90 Å². The smallest absolute Gasteiger partial charge is 0.118 e. The van der Waals surface area contributed by atoms with Gasteiger partial charge in [-0.25, -0.2) is 0 Å². The van der Waals surface area contributed by atoms with Crippen LogP contribution < -0.4 is 4.74 Å². The fraction of sp³-hybridized carbons (Fsp3) is 0.364. The number of aryl methyl sites for hydroxylation is 1. The van der Waals surface area contributed by atoms with Crippen LogP contribution in [0.4, 0.5) is 0 Å². The highest BCUT2D eigenvalue weighted by Gasteiger charge is 2.30. The lowest BCUT2D eigenvalue weighted by molar-refractivity contribution is 0.259. The lowest BCUT2D eigenvalue weighted by Gasteiger charge is -2.39. The number of hydrogen-bond donors (Lipinski definition) is 0. The van der Waals surface area contributed by atoms with Crippen LogP contribution in [0.2, 0.25) is 0 Å². The predicted octanol–water partition coefficient (Wildman–Crippen LogP) is 4.34. The summed E-state index contributed by atoms with van der Waals surface area (Å²) in [6, 6.07) is 18.1. The van der Waals surface area contributed by atoms with Gasteiger partial charge in [0.2, 0.25) is 0 Å². The molecule has 0 fully saturated rings. The molecule has 2 heteroatoms. The van der Waals surface area contributed by atoms with Crippen molar-refractivity contribution in [2.75, 3.05) is 20.7 Å². The minimum atomic E-state index is 0.524. The molecule has 0 spiro atoms. The predicted molar refractivity (Wildman–Crippen MR) is 99.4 cm³/mol. The molecule has 2 aromatic rings. The first kappa shape index (κ1) is 15.5. The summed E-state index contributed by atoms with van der Waals surface area (Å²) in [6.07, 6.45) is 4.66. The third kappa shape index (κ3) is 2.76. The van der Waals surface area contributed by atoms with E-state index in [1.807, 2.05) is 0 Å². The Bertz CT molecular complexity index is 760. The largest absolute Gasteiger partial charge is 0.497 e. The molecule has 0 aromatic heterocycles. The molecule has 0 N–H and O–H groups in total. The van der Waals surface area contributed by atoms with E-state index in [1.165, 1.54) is 36.0 Å². The van der Waals surface area contributed by atoms with Gasteiger partial charge in [0.15, 0.2) is 0 Å². The summed E-state index contributed by atoms with van der Waals surface area (Å²) in [6.45, 7) is 1.15. The quantitative estimate of drug-likeness (QED) is 0.834. The van der Waals surface area contributed by atoms with Crippen LogP contribution in [0.1, 0.15) is 29.5 Å². The monoisotopic (exact) mass is 319 g/mol. The summed E-state index contributed by atoms with van der Waals surface area (Å²) in [4.78, 5) is 2.54. The summed E-state index contributed by atoms with van der Waals surface area (Å²) < 4.78 is 5.29. The van der Waals surface area contributed by atoms with E-state index in [9.17, 15) is 0 Å². The number of fused-ring (bicyclic) bond motifs is 2. The molecule has 2 aromatic carbocycles. The van der Waals surface area contributed by atoms with Gasteiger partial charge in [0.05, 0.1) is 7.11 Å². The minimum Gasteiger partial charge on any atom is -0.497 e. The van der Waals surface area contributed by atoms with E-state index in [4.69, 9.17) is 4.74 Å². The van der Waals surface area contributed by atoms with Gasteiger partial charge in [-0.1, -0.05) is 36.4 Å². The van der Waals surface area contributed by atoms with Gasteiger partial charge in [0.25, 0.3) is 0 Å². The normalized spacial score (nSPS) is 20.5. The van der Waals surface area contributed by atoms with Gasteiger partial charge in [-0.3, -0.25) is 4.90 Å². The first-order valence-corrected chi connectivity index (χ1v) is 8.89. The molecule has 124 valence electrons. The summed E-state index contributed by atoms with van der Waals surface area (Å²) in [7, 11) is 4.00. The number of benzene rings is 2. The second kappa shape index (κ2) is 6.45. The molecular formula is C22H25NO. The Morgan fingerprint density at radius 2 is 1.79 bits per heavy atom. The fourth-order valence-electron chi connectivity index (χ4n) is 4.26. The number of ether oxygens (including phenoxy) is 1. The maximum atomic E-state index is 5.29. The Morgan fingerprint density at radius 3 is 2.58 bits per heavy atom. The van der Waals surface area contributed by atoms with Gasteiger partial charge < -0.3 is 4.74 Å². The van der Waals surface area contributed by atoms with Gasteiger partial charge in [-0.05, 0) is 72.7 Å². The van der Waals surface area contributed by atoms with Crippen molar-refractivity contribution in [3.05, 3.63) is 70.8 Å². The zero-order valence-electron chi connectivity index (χ0n) is 14.6. The molecule has 2 aliphatic rings. The molecule has 0 saturated heterocycles. The van der Waals surface area contributed by atoms with Crippen LogP contribution in [0, 0.1) is 0 Å². The summed E-state index contributed by atoms with van der Waals surface area (Å²) in [5, 5.41) is 0. The van der Waals surface area contributed by atoms with Crippen molar-refractivity contribution in [2.24, 2.45) is 0 Å². The summed E-state index contributed by atoms with van der Waals surface area (Å²) in [5.41, 5.74) is 7.71. The van der Waals surface area contributed by atoms with Gasteiger partial charge in [-0.2, -0.15) is 0 Å². The van der Waals surface area contributed by atoms with E-state index in [-0.39, 0.29) is 0 Å². The molecule has 0 amide bonds. The van der Waals surface area contributed by atoms with Crippen molar-refractivity contribution in [2.45, 2.75) is 31.7 Å². The number of nitrogens with zero attached hydrogens (tertiary/aromatic N) is 1. The van der Waals surface area contributed by atoms with E-state index >= 15 is 0 Å². The zero-order chi connectivity index (χ0) is 16.5. The highest BCUT2D eigenvalue weighted by atomic mass is 16.5. The molecule has 0 saturated carbocycles. The lowest BCUT2D eigenvalue weighted by Crippen LogP contribution is -2.40. The topological polar surface area (TPSA) is 12.5 Å². The number of rotatable bonds is 3. The zero-order valence-corrected chi connectivity index (χ0v) is 14.6. The number of methoxy groups -OCH3 is 1. The molecule has 1 atom stereocenters.